The summed E-state index contributed by atoms with van der Waals surface area (Å²) in [4.78, 5) is 29.0. The van der Waals surface area contributed by atoms with Crippen LogP contribution in [0.25, 0.3) is 5.69 Å². The van der Waals surface area contributed by atoms with Crippen molar-refractivity contribution in [3.63, 3.8) is 0 Å². The number of aromatic nitrogens is 2. The second-order valence-electron chi connectivity index (χ2n) is 5.57. The Balaban J connectivity index is 1.64. The van der Waals surface area contributed by atoms with Gasteiger partial charge in [-0.05, 0) is 36.4 Å². The standard InChI is InChI=1S/C18H11ClFN3O4/c19-12-8-11(2-3-13(12)20)23-6-5-21-16(18(23)25)22-17(24)10-1-4-14-15(7-10)27-9-26-14/h1-8H,9H2,(H,21,22,24). The summed E-state index contributed by atoms with van der Waals surface area (Å²) in [5.41, 5.74) is 0.0299. The molecule has 0 bridgehead atoms. The van der Waals surface area contributed by atoms with Gasteiger partial charge in [0.25, 0.3) is 11.5 Å². The predicted molar refractivity (Wildman–Crippen MR) is 95.3 cm³/mol. The van der Waals surface area contributed by atoms with Gasteiger partial charge in [0.05, 0.1) is 10.7 Å². The first-order valence-electron chi connectivity index (χ1n) is 7.77. The summed E-state index contributed by atoms with van der Waals surface area (Å²) in [6.45, 7) is 0.0889. The molecule has 136 valence electrons. The average Bonchev–Trinajstić information content (AvgIpc) is 3.13. The van der Waals surface area contributed by atoms with Crippen LogP contribution in [-0.4, -0.2) is 22.3 Å². The van der Waals surface area contributed by atoms with Gasteiger partial charge in [-0.25, -0.2) is 9.37 Å². The van der Waals surface area contributed by atoms with Crippen LogP contribution >= 0.6 is 11.6 Å². The van der Waals surface area contributed by atoms with Gasteiger partial charge in [0.1, 0.15) is 5.82 Å². The van der Waals surface area contributed by atoms with Crippen molar-refractivity contribution in [1.29, 1.82) is 0 Å². The highest BCUT2D eigenvalue weighted by molar-refractivity contribution is 6.30. The van der Waals surface area contributed by atoms with Gasteiger partial charge in [-0.3, -0.25) is 14.2 Å². The van der Waals surface area contributed by atoms with Crippen LogP contribution < -0.4 is 20.3 Å². The summed E-state index contributed by atoms with van der Waals surface area (Å²) in [5.74, 6) is -0.325. The van der Waals surface area contributed by atoms with E-state index in [1.54, 1.807) is 12.1 Å². The average molecular weight is 388 g/mol. The van der Waals surface area contributed by atoms with Gasteiger partial charge in [-0.1, -0.05) is 11.6 Å². The molecule has 27 heavy (non-hydrogen) atoms. The molecule has 0 spiro atoms. The van der Waals surface area contributed by atoms with E-state index in [0.717, 1.165) is 6.07 Å². The van der Waals surface area contributed by atoms with Crippen LogP contribution in [0, 0.1) is 5.82 Å². The van der Waals surface area contributed by atoms with E-state index in [1.807, 2.05) is 0 Å². The maximum absolute atomic E-state index is 13.3. The molecule has 1 aliphatic heterocycles. The lowest BCUT2D eigenvalue weighted by Gasteiger charge is -2.09. The molecule has 0 radical (unpaired) electrons. The molecule has 1 N–H and O–H groups in total. The van der Waals surface area contributed by atoms with E-state index in [-0.39, 0.29) is 23.2 Å². The Kier molecular flexibility index (Phi) is 4.25. The summed E-state index contributed by atoms with van der Waals surface area (Å²) in [6, 6.07) is 8.51. The van der Waals surface area contributed by atoms with Crippen molar-refractivity contribution >= 4 is 23.3 Å². The Bertz CT molecular complexity index is 1120. The van der Waals surface area contributed by atoms with Crippen LogP contribution in [-0.2, 0) is 0 Å². The topological polar surface area (TPSA) is 82.5 Å². The van der Waals surface area contributed by atoms with Crippen molar-refractivity contribution in [2.24, 2.45) is 0 Å². The number of halogens is 2. The summed E-state index contributed by atoms with van der Waals surface area (Å²) in [6.07, 6.45) is 2.73. The number of rotatable bonds is 3. The molecule has 1 amide bonds. The zero-order valence-electron chi connectivity index (χ0n) is 13.6. The molecule has 2 aromatic carbocycles. The Hall–Kier alpha value is -3.39. The Morgan fingerprint density at radius 1 is 1.19 bits per heavy atom. The normalized spacial score (nSPS) is 12.1. The van der Waals surface area contributed by atoms with Gasteiger partial charge in [-0.2, -0.15) is 0 Å². The number of anilines is 1. The first-order chi connectivity index (χ1) is 13.0. The molecule has 0 aliphatic carbocycles. The zero-order chi connectivity index (χ0) is 19.0. The fourth-order valence-electron chi connectivity index (χ4n) is 2.55. The van der Waals surface area contributed by atoms with Crippen LogP contribution in [0.15, 0.2) is 53.6 Å². The molecule has 1 aliphatic rings. The van der Waals surface area contributed by atoms with Crippen LogP contribution in [0.3, 0.4) is 0 Å². The third-order valence-electron chi connectivity index (χ3n) is 3.89. The summed E-state index contributed by atoms with van der Waals surface area (Å²) in [5, 5.41) is 2.34. The van der Waals surface area contributed by atoms with Crippen molar-refractivity contribution in [2.45, 2.75) is 0 Å². The van der Waals surface area contributed by atoms with Crippen LogP contribution in [0.2, 0.25) is 5.02 Å². The molecular formula is C18H11ClFN3O4. The SMILES string of the molecule is O=C(Nc1nccn(-c2ccc(F)c(Cl)c2)c1=O)c1ccc2c(c1)OCO2. The molecule has 9 heteroatoms. The lowest BCUT2D eigenvalue weighted by Crippen LogP contribution is -2.26. The molecule has 0 saturated heterocycles. The number of hydrogen-bond donors (Lipinski definition) is 1. The van der Waals surface area contributed by atoms with Gasteiger partial charge in [0.15, 0.2) is 17.3 Å². The predicted octanol–water partition coefficient (Wildman–Crippen LogP) is 3.01. The van der Waals surface area contributed by atoms with Gasteiger partial charge in [-0.15, -0.1) is 0 Å². The van der Waals surface area contributed by atoms with Gasteiger partial charge in [0.2, 0.25) is 6.79 Å². The van der Waals surface area contributed by atoms with Crippen molar-refractivity contribution in [2.75, 3.05) is 12.1 Å². The molecule has 0 atom stereocenters. The minimum Gasteiger partial charge on any atom is -0.454 e. The fourth-order valence-corrected chi connectivity index (χ4v) is 2.73. The van der Waals surface area contributed by atoms with Crippen molar-refractivity contribution < 1.29 is 18.7 Å². The summed E-state index contributed by atoms with van der Waals surface area (Å²) < 4.78 is 25.0. The quantitative estimate of drug-likeness (QED) is 0.747. The zero-order valence-corrected chi connectivity index (χ0v) is 14.4. The smallest absolute Gasteiger partial charge is 0.298 e. The van der Waals surface area contributed by atoms with E-state index >= 15 is 0 Å². The first kappa shape index (κ1) is 17.0. The fraction of sp³-hybridized carbons (Fsp3) is 0.0556. The number of fused-ring (bicyclic) bond motifs is 1. The van der Waals surface area contributed by atoms with E-state index < -0.39 is 17.3 Å². The molecule has 4 rings (SSSR count). The number of carbonyl (C=O) groups is 1. The number of hydrogen-bond acceptors (Lipinski definition) is 5. The first-order valence-corrected chi connectivity index (χ1v) is 8.15. The van der Waals surface area contributed by atoms with Crippen molar-refractivity contribution in [3.8, 4) is 17.2 Å². The van der Waals surface area contributed by atoms with E-state index in [9.17, 15) is 14.0 Å². The number of nitrogens with one attached hydrogen (secondary N) is 1. The van der Waals surface area contributed by atoms with Gasteiger partial charge < -0.3 is 14.8 Å². The lowest BCUT2D eigenvalue weighted by atomic mass is 10.2. The third kappa shape index (κ3) is 3.22. The molecule has 7 nitrogen and oxygen atoms in total. The number of ether oxygens (including phenoxy) is 2. The van der Waals surface area contributed by atoms with E-state index in [4.69, 9.17) is 21.1 Å². The Labute approximate surface area is 156 Å². The maximum atomic E-state index is 13.3. The van der Waals surface area contributed by atoms with Crippen LogP contribution in [0.1, 0.15) is 10.4 Å². The second kappa shape index (κ2) is 6.73. The number of nitrogens with zero attached hydrogens (tertiary/aromatic N) is 2. The highest BCUT2D eigenvalue weighted by Crippen LogP contribution is 2.32. The number of amides is 1. The van der Waals surface area contributed by atoms with Crippen molar-refractivity contribution in [1.82, 2.24) is 9.55 Å². The molecule has 0 unspecified atom stereocenters. The van der Waals surface area contributed by atoms with Crippen molar-refractivity contribution in [3.05, 3.63) is 75.5 Å². The lowest BCUT2D eigenvalue weighted by molar-refractivity contribution is 0.102. The minimum absolute atomic E-state index is 0.0889. The molecular weight excluding hydrogens is 377 g/mol. The van der Waals surface area contributed by atoms with Gasteiger partial charge in [0, 0.05) is 18.0 Å². The Morgan fingerprint density at radius 2 is 2.00 bits per heavy atom. The van der Waals surface area contributed by atoms with Gasteiger partial charge >= 0.3 is 0 Å². The van der Waals surface area contributed by atoms with E-state index in [0.29, 0.717) is 17.2 Å². The van der Waals surface area contributed by atoms with Crippen LogP contribution in [0.4, 0.5) is 10.2 Å². The molecule has 0 fully saturated rings. The number of carbonyl (C=O) groups excluding carboxylic acids is 1. The summed E-state index contributed by atoms with van der Waals surface area (Å²) >= 11 is 5.77. The molecule has 2 heterocycles. The number of benzene rings is 2. The molecule has 0 saturated carbocycles. The second-order valence-corrected chi connectivity index (χ2v) is 5.98. The monoisotopic (exact) mass is 387 g/mol. The largest absolute Gasteiger partial charge is 0.454 e. The maximum Gasteiger partial charge on any atom is 0.298 e. The molecule has 1 aromatic heterocycles. The van der Waals surface area contributed by atoms with E-state index in [1.165, 1.54) is 35.2 Å². The minimum atomic E-state index is -0.598. The third-order valence-corrected chi connectivity index (χ3v) is 4.18. The highest BCUT2D eigenvalue weighted by Gasteiger charge is 2.18. The Morgan fingerprint density at radius 3 is 2.81 bits per heavy atom. The highest BCUT2D eigenvalue weighted by atomic mass is 35.5. The molecule has 3 aromatic rings. The van der Waals surface area contributed by atoms with E-state index in [2.05, 4.69) is 10.3 Å². The summed E-state index contributed by atoms with van der Waals surface area (Å²) in [7, 11) is 0. The van der Waals surface area contributed by atoms with Crippen LogP contribution in [0.5, 0.6) is 11.5 Å².